The number of hydrogen-bond acceptors (Lipinski definition) is 2. The van der Waals surface area contributed by atoms with Crippen molar-refractivity contribution < 1.29 is 4.79 Å². The summed E-state index contributed by atoms with van der Waals surface area (Å²) in [5, 5.41) is 2.98. The summed E-state index contributed by atoms with van der Waals surface area (Å²) in [6.07, 6.45) is 2.07. The lowest BCUT2D eigenvalue weighted by atomic mass is 10.2. The van der Waals surface area contributed by atoms with Gasteiger partial charge in [0.15, 0.2) is 0 Å². The third-order valence-corrected chi connectivity index (χ3v) is 3.84. The van der Waals surface area contributed by atoms with Crippen molar-refractivity contribution >= 4 is 16.9 Å². The van der Waals surface area contributed by atoms with Crippen LogP contribution < -0.4 is 5.32 Å². The summed E-state index contributed by atoms with van der Waals surface area (Å²) in [4.78, 5) is 17.0. The Bertz CT molecular complexity index is 793. The molecule has 0 aliphatic carbocycles. The molecule has 1 amide bonds. The third kappa shape index (κ3) is 3.42. The van der Waals surface area contributed by atoms with Gasteiger partial charge in [-0.25, -0.2) is 4.98 Å². The number of benzene rings is 2. The number of imidazole rings is 1. The fraction of sp³-hybridized carbons (Fsp3) is 0.263. The molecule has 0 spiro atoms. The first-order valence-electron chi connectivity index (χ1n) is 8.07. The van der Waals surface area contributed by atoms with Gasteiger partial charge in [0, 0.05) is 12.1 Å². The molecule has 4 nitrogen and oxygen atoms in total. The van der Waals surface area contributed by atoms with Crippen LogP contribution in [0.4, 0.5) is 0 Å². The van der Waals surface area contributed by atoms with Crippen LogP contribution in [-0.4, -0.2) is 22.0 Å². The number of unbranched alkanes of at least 4 members (excludes halogenated alkanes) is 1. The lowest BCUT2D eigenvalue weighted by Gasteiger charge is -2.10. The van der Waals surface area contributed by atoms with Gasteiger partial charge >= 0.3 is 0 Å². The van der Waals surface area contributed by atoms with Crippen molar-refractivity contribution in [2.45, 2.75) is 26.3 Å². The first-order chi connectivity index (χ1) is 11.3. The van der Waals surface area contributed by atoms with Crippen molar-refractivity contribution in [2.24, 2.45) is 0 Å². The Kier molecular flexibility index (Phi) is 4.71. The van der Waals surface area contributed by atoms with Crippen LogP contribution in [0.25, 0.3) is 22.4 Å². The van der Waals surface area contributed by atoms with E-state index < -0.39 is 0 Å². The molecule has 23 heavy (non-hydrogen) atoms. The first-order valence-corrected chi connectivity index (χ1v) is 8.07. The fourth-order valence-electron chi connectivity index (χ4n) is 2.65. The molecule has 0 bridgehead atoms. The zero-order chi connectivity index (χ0) is 16.1. The molecule has 0 aliphatic rings. The van der Waals surface area contributed by atoms with Gasteiger partial charge < -0.3 is 9.88 Å². The second-order valence-corrected chi connectivity index (χ2v) is 5.58. The van der Waals surface area contributed by atoms with Gasteiger partial charge in [-0.1, -0.05) is 55.8 Å². The van der Waals surface area contributed by atoms with E-state index in [1.165, 1.54) is 0 Å². The van der Waals surface area contributed by atoms with Crippen LogP contribution in [-0.2, 0) is 11.3 Å². The summed E-state index contributed by atoms with van der Waals surface area (Å²) in [7, 11) is 0. The minimum Gasteiger partial charge on any atom is -0.355 e. The van der Waals surface area contributed by atoms with E-state index in [1.807, 2.05) is 59.2 Å². The van der Waals surface area contributed by atoms with E-state index in [-0.39, 0.29) is 12.5 Å². The van der Waals surface area contributed by atoms with Gasteiger partial charge in [-0.15, -0.1) is 0 Å². The number of aromatic nitrogens is 2. The molecule has 0 aliphatic heterocycles. The molecular weight excluding hydrogens is 286 g/mol. The number of rotatable bonds is 6. The van der Waals surface area contributed by atoms with Gasteiger partial charge in [-0.2, -0.15) is 0 Å². The SMILES string of the molecule is CCCCNC(=O)Cn1c(-c2ccccc2)nc2ccccc21. The molecule has 0 fully saturated rings. The average Bonchev–Trinajstić information content (AvgIpc) is 2.95. The number of carbonyl (C=O) groups excluding carboxylic acids is 1. The zero-order valence-corrected chi connectivity index (χ0v) is 13.3. The molecule has 1 N–H and O–H groups in total. The average molecular weight is 307 g/mol. The van der Waals surface area contributed by atoms with Crippen molar-refractivity contribution in [2.75, 3.05) is 6.54 Å². The molecule has 1 aromatic heterocycles. The van der Waals surface area contributed by atoms with Crippen LogP contribution in [0.15, 0.2) is 54.6 Å². The molecule has 3 aromatic rings. The molecule has 0 saturated heterocycles. The summed E-state index contributed by atoms with van der Waals surface area (Å²) in [6.45, 7) is 3.13. The van der Waals surface area contributed by atoms with Crippen LogP contribution in [0.5, 0.6) is 0 Å². The predicted octanol–water partition coefficient (Wildman–Crippen LogP) is 3.62. The number of nitrogens with zero attached hydrogens (tertiary/aromatic N) is 2. The van der Waals surface area contributed by atoms with Gasteiger partial charge in [0.2, 0.25) is 5.91 Å². The Labute approximate surface area is 136 Å². The largest absolute Gasteiger partial charge is 0.355 e. The Balaban J connectivity index is 1.95. The van der Waals surface area contributed by atoms with E-state index in [0.29, 0.717) is 0 Å². The van der Waals surface area contributed by atoms with Crippen LogP contribution in [0, 0.1) is 0 Å². The van der Waals surface area contributed by atoms with E-state index in [2.05, 4.69) is 12.2 Å². The molecule has 3 rings (SSSR count). The number of fused-ring (bicyclic) bond motifs is 1. The molecular formula is C19H21N3O. The second-order valence-electron chi connectivity index (χ2n) is 5.58. The molecule has 0 radical (unpaired) electrons. The Morgan fingerprint density at radius 1 is 1.09 bits per heavy atom. The van der Waals surface area contributed by atoms with Crippen LogP contribution in [0.2, 0.25) is 0 Å². The summed E-state index contributed by atoms with van der Waals surface area (Å²) < 4.78 is 1.99. The highest BCUT2D eigenvalue weighted by molar-refractivity contribution is 5.84. The van der Waals surface area contributed by atoms with Gasteiger partial charge in [-0.05, 0) is 18.6 Å². The smallest absolute Gasteiger partial charge is 0.240 e. The lowest BCUT2D eigenvalue weighted by Crippen LogP contribution is -2.28. The van der Waals surface area contributed by atoms with Crippen LogP contribution in [0.1, 0.15) is 19.8 Å². The molecule has 0 unspecified atom stereocenters. The summed E-state index contributed by atoms with van der Waals surface area (Å²) in [5.74, 6) is 0.858. The van der Waals surface area contributed by atoms with Crippen LogP contribution in [0.3, 0.4) is 0 Å². The molecule has 118 valence electrons. The minimum absolute atomic E-state index is 0.0267. The number of amides is 1. The Hall–Kier alpha value is -2.62. The highest BCUT2D eigenvalue weighted by Crippen LogP contribution is 2.24. The predicted molar refractivity (Wildman–Crippen MR) is 93.1 cm³/mol. The summed E-state index contributed by atoms with van der Waals surface area (Å²) in [5.41, 5.74) is 2.91. The quantitative estimate of drug-likeness (QED) is 0.707. The van der Waals surface area contributed by atoms with Crippen molar-refractivity contribution in [1.82, 2.24) is 14.9 Å². The lowest BCUT2D eigenvalue weighted by molar-refractivity contribution is -0.121. The zero-order valence-electron chi connectivity index (χ0n) is 13.3. The third-order valence-electron chi connectivity index (χ3n) is 3.84. The van der Waals surface area contributed by atoms with E-state index in [1.54, 1.807) is 0 Å². The van der Waals surface area contributed by atoms with Crippen molar-refractivity contribution in [3.8, 4) is 11.4 Å². The fourth-order valence-corrected chi connectivity index (χ4v) is 2.65. The molecule has 0 saturated carbocycles. The monoisotopic (exact) mass is 307 g/mol. The summed E-state index contributed by atoms with van der Waals surface area (Å²) in [6, 6.07) is 17.9. The van der Waals surface area contributed by atoms with E-state index in [9.17, 15) is 4.79 Å². The van der Waals surface area contributed by atoms with E-state index >= 15 is 0 Å². The number of nitrogens with one attached hydrogen (secondary N) is 1. The van der Waals surface area contributed by atoms with Gasteiger partial charge in [0.05, 0.1) is 11.0 Å². The highest BCUT2D eigenvalue weighted by atomic mass is 16.1. The van der Waals surface area contributed by atoms with E-state index in [4.69, 9.17) is 4.98 Å². The maximum absolute atomic E-state index is 12.3. The highest BCUT2D eigenvalue weighted by Gasteiger charge is 2.14. The van der Waals surface area contributed by atoms with Crippen molar-refractivity contribution in [1.29, 1.82) is 0 Å². The Morgan fingerprint density at radius 3 is 2.61 bits per heavy atom. The van der Waals surface area contributed by atoms with E-state index in [0.717, 1.165) is 41.8 Å². The van der Waals surface area contributed by atoms with Crippen molar-refractivity contribution in [3.63, 3.8) is 0 Å². The number of carbonyl (C=O) groups is 1. The topological polar surface area (TPSA) is 46.9 Å². The molecule has 0 atom stereocenters. The first kappa shape index (κ1) is 15.3. The second kappa shape index (κ2) is 7.09. The number of hydrogen-bond donors (Lipinski definition) is 1. The van der Waals surface area contributed by atoms with Gasteiger partial charge in [0.25, 0.3) is 0 Å². The maximum Gasteiger partial charge on any atom is 0.240 e. The van der Waals surface area contributed by atoms with Crippen LogP contribution >= 0.6 is 0 Å². The van der Waals surface area contributed by atoms with Gasteiger partial charge in [0.1, 0.15) is 12.4 Å². The molecule has 4 heteroatoms. The molecule has 1 heterocycles. The normalized spacial score (nSPS) is 10.8. The minimum atomic E-state index is 0.0267. The molecule has 2 aromatic carbocycles. The number of para-hydroxylation sites is 2. The maximum atomic E-state index is 12.3. The standard InChI is InChI=1S/C19H21N3O/c1-2-3-13-20-18(23)14-22-17-12-8-7-11-16(17)21-19(22)15-9-5-4-6-10-15/h4-12H,2-3,13-14H2,1H3,(H,20,23). The van der Waals surface area contributed by atoms with Crippen molar-refractivity contribution in [3.05, 3.63) is 54.6 Å². The Morgan fingerprint density at radius 2 is 1.83 bits per heavy atom. The summed E-state index contributed by atoms with van der Waals surface area (Å²) >= 11 is 0. The van der Waals surface area contributed by atoms with Gasteiger partial charge in [-0.3, -0.25) is 4.79 Å².